The van der Waals surface area contributed by atoms with Crippen LogP contribution in [-0.2, 0) is 6.42 Å². The van der Waals surface area contributed by atoms with Crippen molar-refractivity contribution in [3.05, 3.63) is 70.8 Å². The Hall–Kier alpha value is -1.64. The van der Waals surface area contributed by atoms with Gasteiger partial charge in [-0.05, 0) is 28.7 Å². The van der Waals surface area contributed by atoms with Gasteiger partial charge in [0, 0.05) is 12.1 Å². The van der Waals surface area contributed by atoms with Crippen LogP contribution in [-0.4, -0.2) is 0 Å². The molecule has 0 heterocycles. The van der Waals surface area contributed by atoms with E-state index in [0.29, 0.717) is 0 Å². The molecule has 2 heteroatoms. The molecule has 0 amide bonds. The summed E-state index contributed by atoms with van der Waals surface area (Å²) in [6.45, 7) is 0. The lowest BCUT2D eigenvalue weighted by molar-refractivity contribution is 0.576. The number of hydrogen-bond acceptors (Lipinski definition) is 2. The molecule has 3 rings (SSSR count). The maximum Gasteiger partial charge on any atom is 0.0494 e. The molecule has 17 heavy (non-hydrogen) atoms. The van der Waals surface area contributed by atoms with Crippen LogP contribution in [0.5, 0.6) is 0 Å². The highest BCUT2D eigenvalue weighted by Crippen LogP contribution is 2.34. The van der Waals surface area contributed by atoms with Gasteiger partial charge in [-0.15, -0.1) is 0 Å². The lowest BCUT2D eigenvalue weighted by atomic mass is 9.95. The number of rotatable bonds is 0. The SMILES string of the molecule is N[C@H]1c2ccccc2Cc2ccccc2[C@@H]1N. The minimum atomic E-state index is -0.116. The van der Waals surface area contributed by atoms with Crippen LogP contribution >= 0.6 is 0 Å². The maximum absolute atomic E-state index is 6.28. The van der Waals surface area contributed by atoms with Crippen LogP contribution in [0.2, 0.25) is 0 Å². The second-order valence-electron chi connectivity index (χ2n) is 4.63. The van der Waals surface area contributed by atoms with Crippen molar-refractivity contribution in [1.82, 2.24) is 0 Å². The smallest absolute Gasteiger partial charge is 0.0494 e. The Balaban J connectivity index is 2.20. The van der Waals surface area contributed by atoms with Crippen LogP contribution in [0.25, 0.3) is 0 Å². The molecule has 2 nitrogen and oxygen atoms in total. The van der Waals surface area contributed by atoms with Crippen LogP contribution in [0.4, 0.5) is 0 Å². The third kappa shape index (κ3) is 1.66. The molecule has 0 spiro atoms. The van der Waals surface area contributed by atoms with Crippen molar-refractivity contribution in [3.8, 4) is 0 Å². The van der Waals surface area contributed by atoms with E-state index in [9.17, 15) is 0 Å². The van der Waals surface area contributed by atoms with Crippen molar-refractivity contribution in [2.75, 3.05) is 0 Å². The van der Waals surface area contributed by atoms with E-state index < -0.39 is 0 Å². The Kier molecular flexibility index (Phi) is 2.46. The summed E-state index contributed by atoms with van der Waals surface area (Å²) < 4.78 is 0. The minimum absolute atomic E-state index is 0.116. The summed E-state index contributed by atoms with van der Waals surface area (Å²) >= 11 is 0. The quantitative estimate of drug-likeness (QED) is 0.721. The number of hydrogen-bond donors (Lipinski definition) is 2. The van der Waals surface area contributed by atoms with E-state index in [2.05, 4.69) is 36.4 Å². The van der Waals surface area contributed by atoms with E-state index in [4.69, 9.17) is 11.5 Å². The summed E-state index contributed by atoms with van der Waals surface area (Å²) in [5.41, 5.74) is 17.5. The van der Waals surface area contributed by atoms with E-state index in [1.165, 1.54) is 22.3 Å². The molecule has 0 fully saturated rings. The van der Waals surface area contributed by atoms with Gasteiger partial charge < -0.3 is 11.5 Å². The van der Waals surface area contributed by atoms with E-state index in [0.717, 1.165) is 6.42 Å². The summed E-state index contributed by atoms with van der Waals surface area (Å²) in [5, 5.41) is 0. The lowest BCUT2D eigenvalue weighted by Gasteiger charge is -2.20. The zero-order valence-electron chi connectivity index (χ0n) is 9.64. The molecular formula is C15H16N2. The Bertz CT molecular complexity index is 499. The van der Waals surface area contributed by atoms with Gasteiger partial charge >= 0.3 is 0 Å². The van der Waals surface area contributed by atoms with Gasteiger partial charge in [0.15, 0.2) is 0 Å². The van der Waals surface area contributed by atoms with Crippen LogP contribution in [0.15, 0.2) is 48.5 Å². The number of benzene rings is 2. The van der Waals surface area contributed by atoms with Gasteiger partial charge in [-0.1, -0.05) is 48.5 Å². The highest BCUT2D eigenvalue weighted by atomic mass is 14.8. The van der Waals surface area contributed by atoms with E-state index in [1.54, 1.807) is 0 Å². The minimum Gasteiger partial charge on any atom is -0.322 e. The van der Waals surface area contributed by atoms with Gasteiger partial charge in [0.25, 0.3) is 0 Å². The molecule has 4 N–H and O–H groups in total. The Labute approximate surface area is 101 Å². The predicted octanol–water partition coefficient (Wildman–Crippen LogP) is 2.29. The van der Waals surface area contributed by atoms with Crippen molar-refractivity contribution in [3.63, 3.8) is 0 Å². The zero-order valence-corrected chi connectivity index (χ0v) is 9.64. The second kappa shape index (κ2) is 3.99. The van der Waals surface area contributed by atoms with Gasteiger partial charge in [0.1, 0.15) is 0 Å². The fourth-order valence-electron chi connectivity index (χ4n) is 2.63. The normalized spacial score (nSPS) is 22.5. The van der Waals surface area contributed by atoms with E-state index in [1.807, 2.05) is 12.1 Å². The first-order valence-corrected chi connectivity index (χ1v) is 5.94. The van der Waals surface area contributed by atoms with Crippen LogP contribution in [0.1, 0.15) is 34.3 Å². The molecule has 2 aromatic rings. The first-order chi connectivity index (χ1) is 8.27. The lowest BCUT2D eigenvalue weighted by Crippen LogP contribution is -2.26. The second-order valence-corrected chi connectivity index (χ2v) is 4.63. The average Bonchev–Trinajstić information content (AvgIpc) is 2.48. The summed E-state index contributed by atoms with van der Waals surface area (Å²) in [7, 11) is 0. The Morgan fingerprint density at radius 2 is 1.12 bits per heavy atom. The Morgan fingerprint density at radius 3 is 1.59 bits per heavy atom. The molecule has 1 aliphatic rings. The molecule has 2 aromatic carbocycles. The van der Waals surface area contributed by atoms with Gasteiger partial charge in [0.05, 0.1) is 0 Å². The molecule has 0 unspecified atom stereocenters. The van der Waals surface area contributed by atoms with Crippen LogP contribution in [0.3, 0.4) is 0 Å². The van der Waals surface area contributed by atoms with Crippen molar-refractivity contribution >= 4 is 0 Å². The highest BCUT2D eigenvalue weighted by molar-refractivity contribution is 5.44. The topological polar surface area (TPSA) is 52.0 Å². The maximum atomic E-state index is 6.28. The predicted molar refractivity (Wildman–Crippen MR) is 69.5 cm³/mol. The molecule has 0 saturated carbocycles. The molecule has 2 atom stereocenters. The fraction of sp³-hybridized carbons (Fsp3) is 0.200. The van der Waals surface area contributed by atoms with E-state index in [-0.39, 0.29) is 12.1 Å². The molecule has 86 valence electrons. The van der Waals surface area contributed by atoms with Gasteiger partial charge in [-0.25, -0.2) is 0 Å². The molecule has 0 bridgehead atoms. The average molecular weight is 224 g/mol. The fourth-order valence-corrected chi connectivity index (χ4v) is 2.63. The van der Waals surface area contributed by atoms with Crippen molar-refractivity contribution in [2.24, 2.45) is 11.5 Å². The monoisotopic (exact) mass is 224 g/mol. The molecular weight excluding hydrogens is 208 g/mol. The standard InChI is InChI=1S/C15H16N2/c16-14-12-7-3-1-5-10(12)9-11-6-2-4-8-13(11)15(14)17/h1-8,14-15H,9,16-17H2/t14-,15-/m0/s1. The summed E-state index contributed by atoms with van der Waals surface area (Å²) in [5.74, 6) is 0. The number of nitrogens with two attached hydrogens (primary N) is 2. The first-order valence-electron chi connectivity index (χ1n) is 5.94. The van der Waals surface area contributed by atoms with Crippen LogP contribution in [0, 0.1) is 0 Å². The van der Waals surface area contributed by atoms with Gasteiger partial charge in [-0.3, -0.25) is 0 Å². The largest absolute Gasteiger partial charge is 0.322 e. The zero-order chi connectivity index (χ0) is 11.8. The highest BCUT2D eigenvalue weighted by Gasteiger charge is 2.25. The molecule has 0 aromatic heterocycles. The molecule has 1 aliphatic carbocycles. The van der Waals surface area contributed by atoms with Gasteiger partial charge in [-0.2, -0.15) is 0 Å². The third-order valence-electron chi connectivity index (χ3n) is 3.60. The summed E-state index contributed by atoms with van der Waals surface area (Å²) in [6.07, 6.45) is 0.924. The molecule has 0 aliphatic heterocycles. The summed E-state index contributed by atoms with van der Waals surface area (Å²) in [4.78, 5) is 0. The molecule has 0 radical (unpaired) electrons. The van der Waals surface area contributed by atoms with E-state index >= 15 is 0 Å². The van der Waals surface area contributed by atoms with Crippen molar-refractivity contribution in [2.45, 2.75) is 18.5 Å². The molecule has 0 saturated heterocycles. The van der Waals surface area contributed by atoms with Crippen LogP contribution < -0.4 is 11.5 Å². The summed E-state index contributed by atoms with van der Waals surface area (Å²) in [6, 6.07) is 16.4. The first kappa shape index (κ1) is 10.5. The van der Waals surface area contributed by atoms with Crippen molar-refractivity contribution < 1.29 is 0 Å². The Morgan fingerprint density at radius 1 is 0.706 bits per heavy atom. The van der Waals surface area contributed by atoms with Gasteiger partial charge in [0.2, 0.25) is 0 Å². The third-order valence-corrected chi connectivity index (χ3v) is 3.60. The number of fused-ring (bicyclic) bond motifs is 2. The van der Waals surface area contributed by atoms with Crippen molar-refractivity contribution in [1.29, 1.82) is 0 Å².